The van der Waals surface area contributed by atoms with Gasteiger partial charge in [-0.2, -0.15) is 0 Å². The van der Waals surface area contributed by atoms with Crippen LogP contribution in [0.15, 0.2) is 30.5 Å². The van der Waals surface area contributed by atoms with Crippen LogP contribution in [0.5, 0.6) is 0 Å². The highest BCUT2D eigenvalue weighted by Crippen LogP contribution is 2.19. The highest BCUT2D eigenvalue weighted by molar-refractivity contribution is 7.11. The lowest BCUT2D eigenvalue weighted by Gasteiger charge is -2.12. The van der Waals surface area contributed by atoms with Gasteiger partial charge in [-0.05, 0) is 37.3 Å². The summed E-state index contributed by atoms with van der Waals surface area (Å²) in [6.07, 6.45) is 3.10. The zero-order chi connectivity index (χ0) is 14.5. The highest BCUT2D eigenvalue weighted by atomic mass is 32.1. The van der Waals surface area contributed by atoms with Crippen LogP contribution in [-0.4, -0.2) is 4.98 Å². The zero-order valence-electron chi connectivity index (χ0n) is 12.8. The summed E-state index contributed by atoms with van der Waals surface area (Å²) in [5, 5.41) is 4.70. The maximum Gasteiger partial charge on any atom is 0.109 e. The van der Waals surface area contributed by atoms with Crippen LogP contribution in [0.3, 0.4) is 0 Å². The fourth-order valence-electron chi connectivity index (χ4n) is 2.20. The number of rotatable bonds is 6. The first-order valence-corrected chi connectivity index (χ1v) is 8.09. The monoisotopic (exact) mass is 288 g/mol. The fourth-order valence-corrected chi connectivity index (χ4v) is 3.00. The number of hydrogen-bond acceptors (Lipinski definition) is 3. The molecule has 1 atom stereocenters. The van der Waals surface area contributed by atoms with Crippen molar-refractivity contribution in [3.63, 3.8) is 0 Å². The fraction of sp³-hybridized carbons (Fsp3) is 0.471. The van der Waals surface area contributed by atoms with E-state index in [0.29, 0.717) is 12.0 Å². The van der Waals surface area contributed by atoms with Gasteiger partial charge in [-0.15, -0.1) is 11.3 Å². The molecule has 20 heavy (non-hydrogen) atoms. The van der Waals surface area contributed by atoms with E-state index in [1.807, 2.05) is 6.20 Å². The minimum atomic E-state index is 0.309. The van der Waals surface area contributed by atoms with Gasteiger partial charge in [0, 0.05) is 17.6 Å². The van der Waals surface area contributed by atoms with Crippen molar-refractivity contribution in [2.45, 2.75) is 46.7 Å². The van der Waals surface area contributed by atoms with Crippen molar-refractivity contribution in [1.29, 1.82) is 0 Å². The summed E-state index contributed by atoms with van der Waals surface area (Å²) < 4.78 is 0. The van der Waals surface area contributed by atoms with Gasteiger partial charge in [0.2, 0.25) is 0 Å². The summed E-state index contributed by atoms with van der Waals surface area (Å²) >= 11 is 1.77. The number of benzene rings is 1. The Morgan fingerprint density at radius 1 is 1.10 bits per heavy atom. The summed E-state index contributed by atoms with van der Waals surface area (Å²) in [7, 11) is 0. The Morgan fingerprint density at radius 2 is 1.75 bits per heavy atom. The second-order valence-electron chi connectivity index (χ2n) is 5.83. The van der Waals surface area contributed by atoms with Crippen molar-refractivity contribution in [3.05, 3.63) is 51.5 Å². The van der Waals surface area contributed by atoms with Crippen LogP contribution < -0.4 is 5.32 Å². The van der Waals surface area contributed by atoms with E-state index in [-0.39, 0.29) is 0 Å². The van der Waals surface area contributed by atoms with Crippen molar-refractivity contribution in [2.24, 2.45) is 5.92 Å². The molecular formula is C17H24N2S. The van der Waals surface area contributed by atoms with E-state index in [1.54, 1.807) is 11.3 Å². The first kappa shape index (κ1) is 15.2. The molecule has 1 aromatic carbocycles. The van der Waals surface area contributed by atoms with E-state index in [1.165, 1.54) is 21.0 Å². The quantitative estimate of drug-likeness (QED) is 0.846. The van der Waals surface area contributed by atoms with Gasteiger partial charge in [-0.3, -0.25) is 0 Å². The summed E-state index contributed by atoms with van der Waals surface area (Å²) in [5.74, 6) is 0.715. The van der Waals surface area contributed by atoms with Crippen molar-refractivity contribution in [2.75, 3.05) is 0 Å². The molecule has 0 fully saturated rings. The van der Waals surface area contributed by atoms with Gasteiger partial charge >= 0.3 is 0 Å². The smallest absolute Gasteiger partial charge is 0.109 e. The average molecular weight is 288 g/mol. The molecule has 2 nitrogen and oxygen atoms in total. The normalized spacial score (nSPS) is 12.8. The van der Waals surface area contributed by atoms with E-state index in [4.69, 9.17) is 0 Å². The summed E-state index contributed by atoms with van der Waals surface area (Å²) in [5.41, 5.74) is 2.75. The lowest BCUT2D eigenvalue weighted by molar-refractivity contribution is 0.571. The standard InChI is InChI=1S/C17H24N2S/c1-12(2)9-15-5-7-16(8-6-15)11-18-14(4)17-19-10-13(3)20-17/h5-8,10,12,14,18H,9,11H2,1-4H3. The maximum atomic E-state index is 4.43. The first-order valence-electron chi connectivity index (χ1n) is 7.28. The SMILES string of the molecule is Cc1cnc(C(C)NCc2ccc(CC(C)C)cc2)s1. The van der Waals surface area contributed by atoms with Crippen molar-refractivity contribution >= 4 is 11.3 Å². The van der Waals surface area contributed by atoms with Gasteiger partial charge in [0.1, 0.15) is 5.01 Å². The summed E-state index contributed by atoms with van der Waals surface area (Å²) in [6.45, 7) is 9.68. The van der Waals surface area contributed by atoms with Gasteiger partial charge in [0.15, 0.2) is 0 Å². The molecule has 0 aliphatic rings. The van der Waals surface area contributed by atoms with Crippen LogP contribution >= 0.6 is 11.3 Å². The molecule has 0 saturated heterocycles. The van der Waals surface area contributed by atoms with Crippen molar-refractivity contribution < 1.29 is 0 Å². The number of nitrogens with zero attached hydrogens (tertiary/aromatic N) is 1. The van der Waals surface area contributed by atoms with Crippen LogP contribution in [-0.2, 0) is 13.0 Å². The summed E-state index contributed by atoms with van der Waals surface area (Å²) in [6, 6.07) is 9.25. The van der Waals surface area contributed by atoms with Crippen LogP contribution in [0.25, 0.3) is 0 Å². The third kappa shape index (κ3) is 4.43. The van der Waals surface area contributed by atoms with E-state index in [0.717, 1.165) is 13.0 Å². The van der Waals surface area contributed by atoms with Crippen molar-refractivity contribution in [1.82, 2.24) is 10.3 Å². The molecule has 2 aromatic rings. The second-order valence-corrected chi connectivity index (χ2v) is 7.09. The largest absolute Gasteiger partial charge is 0.304 e. The topological polar surface area (TPSA) is 24.9 Å². The third-order valence-corrected chi connectivity index (χ3v) is 4.38. The molecule has 2 rings (SSSR count). The maximum absolute atomic E-state index is 4.43. The molecule has 1 unspecified atom stereocenters. The average Bonchev–Trinajstić information content (AvgIpc) is 2.84. The minimum Gasteiger partial charge on any atom is -0.304 e. The molecular weight excluding hydrogens is 264 g/mol. The Hall–Kier alpha value is -1.19. The lowest BCUT2D eigenvalue weighted by Crippen LogP contribution is -2.17. The number of hydrogen-bond donors (Lipinski definition) is 1. The molecule has 1 heterocycles. The Bertz CT molecular complexity index is 528. The van der Waals surface area contributed by atoms with Crippen molar-refractivity contribution in [3.8, 4) is 0 Å². The molecule has 0 aliphatic heterocycles. The van der Waals surface area contributed by atoms with Gasteiger partial charge in [0.25, 0.3) is 0 Å². The van der Waals surface area contributed by atoms with E-state index in [9.17, 15) is 0 Å². The summed E-state index contributed by atoms with van der Waals surface area (Å²) in [4.78, 5) is 5.70. The second kappa shape index (κ2) is 7.00. The number of thiazole rings is 1. The Kier molecular flexibility index (Phi) is 5.32. The van der Waals surface area contributed by atoms with Gasteiger partial charge in [-0.1, -0.05) is 38.1 Å². The molecule has 1 N–H and O–H groups in total. The molecule has 0 spiro atoms. The molecule has 108 valence electrons. The number of aryl methyl sites for hydroxylation is 1. The van der Waals surface area contributed by atoms with Crippen LogP contribution in [0.2, 0.25) is 0 Å². The van der Waals surface area contributed by atoms with Crippen LogP contribution in [0.4, 0.5) is 0 Å². The van der Waals surface area contributed by atoms with E-state index >= 15 is 0 Å². The van der Waals surface area contributed by atoms with Gasteiger partial charge < -0.3 is 5.32 Å². The molecule has 0 saturated carbocycles. The Morgan fingerprint density at radius 3 is 2.30 bits per heavy atom. The van der Waals surface area contributed by atoms with E-state index < -0.39 is 0 Å². The van der Waals surface area contributed by atoms with Crippen LogP contribution in [0, 0.1) is 12.8 Å². The van der Waals surface area contributed by atoms with Crippen LogP contribution in [0.1, 0.15) is 47.8 Å². The third-order valence-electron chi connectivity index (χ3n) is 3.29. The lowest BCUT2D eigenvalue weighted by atomic mass is 10.0. The number of aromatic nitrogens is 1. The predicted octanol–water partition coefficient (Wildman–Crippen LogP) is 4.50. The Balaban J connectivity index is 1.87. The van der Waals surface area contributed by atoms with Gasteiger partial charge in [-0.25, -0.2) is 4.98 Å². The number of nitrogens with one attached hydrogen (secondary N) is 1. The molecule has 3 heteroatoms. The Labute approximate surface area is 126 Å². The minimum absolute atomic E-state index is 0.309. The first-order chi connectivity index (χ1) is 9.54. The predicted molar refractivity (Wildman–Crippen MR) is 87.1 cm³/mol. The molecule has 1 aromatic heterocycles. The molecule has 0 bridgehead atoms. The van der Waals surface area contributed by atoms with Gasteiger partial charge in [0.05, 0.1) is 6.04 Å². The molecule has 0 radical (unpaired) electrons. The highest BCUT2D eigenvalue weighted by Gasteiger charge is 2.08. The zero-order valence-corrected chi connectivity index (χ0v) is 13.6. The molecule has 0 amide bonds. The van der Waals surface area contributed by atoms with E-state index in [2.05, 4.69) is 62.3 Å². The molecule has 0 aliphatic carbocycles.